The maximum absolute atomic E-state index is 10.8. The van der Waals surface area contributed by atoms with E-state index in [4.69, 9.17) is 14.7 Å². The number of morpholine rings is 1. The van der Waals surface area contributed by atoms with Crippen molar-refractivity contribution in [3.8, 4) is 17.1 Å². The first-order chi connectivity index (χ1) is 15.2. The van der Waals surface area contributed by atoms with Gasteiger partial charge >= 0.3 is 0 Å². The molecule has 7 nitrogen and oxygen atoms in total. The molecule has 2 aliphatic rings. The molecule has 2 aliphatic heterocycles. The third kappa shape index (κ3) is 4.21. The molecule has 1 fully saturated rings. The van der Waals surface area contributed by atoms with Gasteiger partial charge in [-0.05, 0) is 36.7 Å². The molecular formula is C22H23BN4O3S. The second-order valence-electron chi connectivity index (χ2n) is 7.75. The van der Waals surface area contributed by atoms with Gasteiger partial charge in [-0.25, -0.2) is 9.97 Å². The van der Waals surface area contributed by atoms with Crippen molar-refractivity contribution in [3.05, 3.63) is 41.3 Å². The molecule has 1 saturated heterocycles. The summed E-state index contributed by atoms with van der Waals surface area (Å²) in [4.78, 5) is 26.2. The molecule has 3 aromatic rings. The molecule has 5 rings (SSSR count). The number of hydrogen-bond donors (Lipinski definition) is 1. The number of aromatic hydroxyl groups is 1. The number of phenols is 1. The first-order valence-electron chi connectivity index (χ1n) is 10.5. The predicted molar refractivity (Wildman–Crippen MR) is 126 cm³/mol. The zero-order valence-electron chi connectivity index (χ0n) is 17.2. The lowest BCUT2D eigenvalue weighted by molar-refractivity contribution is 0.122. The summed E-state index contributed by atoms with van der Waals surface area (Å²) in [5.41, 5.74) is 3.02. The van der Waals surface area contributed by atoms with Gasteiger partial charge in [0.15, 0.2) is 11.6 Å². The van der Waals surface area contributed by atoms with Gasteiger partial charge < -0.3 is 24.3 Å². The number of thiophene rings is 1. The number of phenolic OH excluding ortho intramolecular Hbond substituents is 1. The fraction of sp³-hybridized carbons (Fsp3) is 0.318. The highest BCUT2D eigenvalue weighted by Gasteiger charge is 2.22. The van der Waals surface area contributed by atoms with Crippen LogP contribution in [0.1, 0.15) is 11.3 Å². The number of benzene rings is 1. The molecule has 4 heterocycles. The van der Waals surface area contributed by atoms with Crippen LogP contribution in [0.2, 0.25) is 0 Å². The highest BCUT2D eigenvalue weighted by atomic mass is 32.1. The molecule has 31 heavy (non-hydrogen) atoms. The Kier molecular flexibility index (Phi) is 5.71. The maximum atomic E-state index is 10.8. The van der Waals surface area contributed by atoms with E-state index >= 15 is 0 Å². The number of nitrogens with zero attached hydrogens (tertiary/aromatic N) is 4. The van der Waals surface area contributed by atoms with Crippen molar-refractivity contribution in [1.29, 1.82) is 0 Å². The lowest BCUT2D eigenvalue weighted by atomic mass is 9.91. The Bertz CT molecular complexity index is 1140. The molecule has 1 N–H and O–H groups in total. The van der Waals surface area contributed by atoms with Crippen molar-refractivity contribution < 1.29 is 14.6 Å². The van der Waals surface area contributed by atoms with Gasteiger partial charge in [-0.2, -0.15) is 0 Å². The number of rotatable bonds is 5. The van der Waals surface area contributed by atoms with Crippen LogP contribution in [-0.4, -0.2) is 72.9 Å². The normalized spacial score (nSPS) is 17.5. The number of carbonyl (C=O) groups excluding carboxylic acids is 1. The lowest BCUT2D eigenvalue weighted by Crippen LogP contribution is -2.36. The molecule has 0 spiro atoms. The summed E-state index contributed by atoms with van der Waals surface area (Å²) in [6.45, 7) is 4.63. The zero-order valence-corrected chi connectivity index (χ0v) is 18.0. The molecule has 158 valence electrons. The minimum Gasteiger partial charge on any atom is -0.508 e. The van der Waals surface area contributed by atoms with Gasteiger partial charge in [0.05, 0.1) is 29.6 Å². The zero-order chi connectivity index (χ0) is 21.2. The summed E-state index contributed by atoms with van der Waals surface area (Å²) in [5.74, 6) is 1.75. The van der Waals surface area contributed by atoms with Crippen molar-refractivity contribution in [2.24, 2.45) is 0 Å². The van der Waals surface area contributed by atoms with Gasteiger partial charge in [-0.1, -0.05) is 18.2 Å². The van der Waals surface area contributed by atoms with E-state index in [1.807, 2.05) is 12.1 Å². The SMILES string of the molecule is O=CBN1CC=C(c2cc3nc(-c4cccc(O)c4)nc(N4CCOCC4)c3s2)CC1. The fourth-order valence-electron chi connectivity index (χ4n) is 4.04. The van der Waals surface area contributed by atoms with Gasteiger partial charge in [-0.3, -0.25) is 0 Å². The van der Waals surface area contributed by atoms with Crippen LogP contribution in [0.25, 0.3) is 27.2 Å². The van der Waals surface area contributed by atoms with E-state index in [2.05, 4.69) is 21.9 Å². The molecule has 1 aromatic carbocycles. The van der Waals surface area contributed by atoms with Crippen LogP contribution in [0.3, 0.4) is 0 Å². The summed E-state index contributed by atoms with van der Waals surface area (Å²) in [6, 6.07) is 9.23. The Hall–Kier alpha value is -2.75. The molecule has 0 atom stereocenters. The predicted octanol–water partition coefficient (Wildman–Crippen LogP) is 2.53. The van der Waals surface area contributed by atoms with Crippen LogP contribution in [0.15, 0.2) is 36.4 Å². The maximum Gasteiger partial charge on any atom is 0.281 e. The molecule has 2 aromatic heterocycles. The second kappa shape index (κ2) is 8.78. The van der Waals surface area contributed by atoms with Crippen LogP contribution < -0.4 is 4.90 Å². The van der Waals surface area contributed by atoms with Gasteiger partial charge in [-0.15, -0.1) is 11.3 Å². The summed E-state index contributed by atoms with van der Waals surface area (Å²) in [5, 5.41) is 9.93. The Morgan fingerprint density at radius 1 is 1.16 bits per heavy atom. The van der Waals surface area contributed by atoms with Gasteiger partial charge in [0.2, 0.25) is 0 Å². The highest BCUT2D eigenvalue weighted by Crippen LogP contribution is 2.38. The van der Waals surface area contributed by atoms with E-state index in [9.17, 15) is 9.90 Å². The summed E-state index contributed by atoms with van der Waals surface area (Å²) in [7, 11) is 0.482. The smallest absolute Gasteiger partial charge is 0.281 e. The van der Waals surface area contributed by atoms with Crippen molar-refractivity contribution in [1.82, 2.24) is 14.8 Å². The number of hydrogen-bond acceptors (Lipinski definition) is 8. The van der Waals surface area contributed by atoms with E-state index in [0.29, 0.717) is 26.5 Å². The Morgan fingerprint density at radius 2 is 2.03 bits per heavy atom. The van der Waals surface area contributed by atoms with E-state index in [1.54, 1.807) is 23.5 Å². The molecular weight excluding hydrogens is 411 g/mol. The van der Waals surface area contributed by atoms with Crippen molar-refractivity contribution in [2.45, 2.75) is 6.42 Å². The van der Waals surface area contributed by atoms with Gasteiger partial charge in [0, 0.05) is 30.1 Å². The minimum atomic E-state index is 0.201. The fourth-order valence-corrected chi connectivity index (χ4v) is 5.23. The van der Waals surface area contributed by atoms with E-state index in [0.717, 1.165) is 60.4 Å². The Morgan fingerprint density at radius 3 is 2.77 bits per heavy atom. The van der Waals surface area contributed by atoms with Crippen molar-refractivity contribution in [3.63, 3.8) is 0 Å². The quantitative estimate of drug-likeness (QED) is 0.489. The molecule has 0 amide bonds. The van der Waals surface area contributed by atoms with Gasteiger partial charge in [0.1, 0.15) is 5.75 Å². The number of ether oxygens (including phenoxy) is 1. The van der Waals surface area contributed by atoms with Crippen LogP contribution in [0, 0.1) is 0 Å². The lowest BCUT2D eigenvalue weighted by Gasteiger charge is -2.28. The first-order valence-corrected chi connectivity index (χ1v) is 11.3. The summed E-state index contributed by atoms with van der Waals surface area (Å²) < 4.78 is 6.62. The van der Waals surface area contributed by atoms with Crippen LogP contribution in [0.5, 0.6) is 5.75 Å². The highest BCUT2D eigenvalue weighted by molar-refractivity contribution is 7.20. The van der Waals surface area contributed by atoms with Crippen LogP contribution >= 0.6 is 11.3 Å². The molecule has 0 saturated carbocycles. The molecule has 0 aliphatic carbocycles. The molecule has 0 radical (unpaired) electrons. The van der Waals surface area contributed by atoms with Crippen LogP contribution in [-0.2, 0) is 9.53 Å². The Balaban J connectivity index is 1.57. The summed E-state index contributed by atoms with van der Waals surface area (Å²) >= 11 is 1.73. The molecule has 0 unspecified atom stereocenters. The second-order valence-corrected chi connectivity index (χ2v) is 8.80. The molecule has 9 heteroatoms. The topological polar surface area (TPSA) is 78.8 Å². The van der Waals surface area contributed by atoms with E-state index in [-0.39, 0.29) is 5.75 Å². The average Bonchev–Trinajstić information content (AvgIpc) is 3.24. The standard InChI is InChI=1S/C22H23BN4O3S/c28-14-23-27-6-4-15(5-7-27)19-13-18-20(31-19)22(26-8-10-30-11-9-26)25-21(24-18)16-2-1-3-17(29)12-16/h1-4,12-14,23,29H,5-11H2. The number of fused-ring (bicyclic) bond motifs is 1. The van der Waals surface area contributed by atoms with Crippen molar-refractivity contribution >= 4 is 46.5 Å². The summed E-state index contributed by atoms with van der Waals surface area (Å²) in [6.07, 6.45) is 4.10. The minimum absolute atomic E-state index is 0.201. The third-order valence-electron chi connectivity index (χ3n) is 5.71. The number of aromatic nitrogens is 2. The monoisotopic (exact) mass is 434 g/mol. The Labute approximate surface area is 185 Å². The first kappa shape index (κ1) is 20.2. The third-order valence-corrected chi connectivity index (χ3v) is 6.91. The largest absolute Gasteiger partial charge is 0.508 e. The average molecular weight is 434 g/mol. The van der Waals surface area contributed by atoms with E-state index in [1.165, 1.54) is 10.5 Å². The number of anilines is 1. The van der Waals surface area contributed by atoms with Gasteiger partial charge in [0.25, 0.3) is 7.41 Å². The van der Waals surface area contributed by atoms with Crippen molar-refractivity contribution in [2.75, 3.05) is 44.3 Å². The number of carbonyl (C=O) groups is 1. The van der Waals surface area contributed by atoms with Crippen LogP contribution in [0.4, 0.5) is 5.82 Å². The van der Waals surface area contributed by atoms with E-state index < -0.39 is 0 Å². The molecule has 0 bridgehead atoms.